The third-order valence-electron chi connectivity index (χ3n) is 6.43. The van der Waals surface area contributed by atoms with Gasteiger partial charge < -0.3 is 19.7 Å². The molecule has 3 atom stereocenters. The Bertz CT molecular complexity index is 878. The van der Waals surface area contributed by atoms with Crippen molar-refractivity contribution in [3.8, 4) is 5.75 Å². The summed E-state index contributed by atoms with van der Waals surface area (Å²) in [6.45, 7) is 7.10. The summed E-state index contributed by atoms with van der Waals surface area (Å²) in [7, 11) is 0. The molecular formula is C26H35N3O3. The molecule has 1 aromatic heterocycles. The fraction of sp³-hybridized carbons (Fsp3) is 0.538. The van der Waals surface area contributed by atoms with Crippen LogP contribution in [-0.2, 0) is 16.0 Å². The van der Waals surface area contributed by atoms with Gasteiger partial charge in [-0.1, -0.05) is 18.2 Å². The van der Waals surface area contributed by atoms with Gasteiger partial charge in [0.2, 0.25) is 5.91 Å². The summed E-state index contributed by atoms with van der Waals surface area (Å²) in [6.07, 6.45) is 5.69. The Kier molecular flexibility index (Phi) is 7.63. The average molecular weight is 438 g/mol. The number of hydrogen-bond donors (Lipinski definition) is 1. The first-order valence-electron chi connectivity index (χ1n) is 11.9. The molecule has 2 saturated heterocycles. The van der Waals surface area contributed by atoms with Crippen molar-refractivity contribution in [1.82, 2.24) is 10.3 Å². The van der Waals surface area contributed by atoms with Gasteiger partial charge >= 0.3 is 0 Å². The molecule has 2 fully saturated rings. The Balaban J connectivity index is 1.31. The zero-order valence-electron chi connectivity index (χ0n) is 19.3. The number of nitrogens with zero attached hydrogens (tertiary/aromatic N) is 2. The molecule has 2 aliphatic heterocycles. The van der Waals surface area contributed by atoms with Gasteiger partial charge in [-0.25, -0.2) is 4.98 Å². The van der Waals surface area contributed by atoms with Crippen LogP contribution >= 0.6 is 0 Å². The Hall–Kier alpha value is -2.60. The smallest absolute Gasteiger partial charge is 0.217 e. The summed E-state index contributed by atoms with van der Waals surface area (Å²) in [6, 6.07) is 14.4. The summed E-state index contributed by atoms with van der Waals surface area (Å²) in [5.74, 6) is 2.57. The lowest BCUT2D eigenvalue weighted by molar-refractivity contribution is -0.119. The Morgan fingerprint density at radius 3 is 2.84 bits per heavy atom. The summed E-state index contributed by atoms with van der Waals surface area (Å²) in [5, 5.41) is 2.91. The van der Waals surface area contributed by atoms with Crippen molar-refractivity contribution in [3.05, 3.63) is 53.7 Å². The maximum absolute atomic E-state index is 11.3. The van der Waals surface area contributed by atoms with Crippen LogP contribution in [0.1, 0.15) is 56.8 Å². The predicted molar refractivity (Wildman–Crippen MR) is 126 cm³/mol. The van der Waals surface area contributed by atoms with Crippen molar-refractivity contribution >= 4 is 11.7 Å². The third-order valence-corrected chi connectivity index (χ3v) is 6.43. The van der Waals surface area contributed by atoms with Gasteiger partial charge in [0.05, 0.1) is 12.6 Å². The third kappa shape index (κ3) is 6.22. The molecule has 1 amide bonds. The molecule has 3 heterocycles. The Labute approximate surface area is 191 Å². The van der Waals surface area contributed by atoms with Crippen LogP contribution in [0.5, 0.6) is 5.75 Å². The van der Waals surface area contributed by atoms with E-state index in [2.05, 4.69) is 28.4 Å². The van der Waals surface area contributed by atoms with Crippen molar-refractivity contribution in [2.75, 3.05) is 31.2 Å². The van der Waals surface area contributed by atoms with E-state index in [9.17, 15) is 4.79 Å². The number of amides is 1. The highest BCUT2D eigenvalue weighted by molar-refractivity contribution is 5.73. The normalized spacial score (nSPS) is 22.2. The van der Waals surface area contributed by atoms with Crippen molar-refractivity contribution in [2.24, 2.45) is 5.92 Å². The molecule has 32 heavy (non-hydrogen) atoms. The Morgan fingerprint density at radius 1 is 1.19 bits per heavy atom. The van der Waals surface area contributed by atoms with E-state index in [4.69, 9.17) is 14.5 Å². The molecule has 4 rings (SSSR count). The van der Waals surface area contributed by atoms with Gasteiger partial charge in [0.1, 0.15) is 17.7 Å². The number of rotatable bonds is 7. The molecule has 172 valence electrons. The molecule has 1 aromatic carbocycles. The molecule has 0 bridgehead atoms. The molecule has 2 aliphatic rings. The summed E-state index contributed by atoms with van der Waals surface area (Å²) >= 11 is 0. The SMILES string of the molecule is CC(=O)NC(C)c1ccc(OC2CCN(c3cccc(CC4CCCOCC4)n3)C2)cc1. The zero-order valence-corrected chi connectivity index (χ0v) is 19.3. The number of aromatic nitrogens is 1. The second-order valence-corrected chi connectivity index (χ2v) is 9.07. The molecule has 2 aromatic rings. The van der Waals surface area contributed by atoms with Gasteiger partial charge in [-0.3, -0.25) is 4.79 Å². The standard InChI is InChI=1S/C26H35N3O3/c1-19(27-20(2)30)22-8-10-24(11-9-22)32-25-12-14-29(18-25)26-7-3-6-23(28-26)17-21-5-4-15-31-16-13-21/h3,6-11,19,21,25H,4-5,12-18H2,1-2H3,(H,27,30). The van der Waals surface area contributed by atoms with E-state index in [0.717, 1.165) is 69.1 Å². The summed E-state index contributed by atoms with van der Waals surface area (Å²) in [5.41, 5.74) is 2.25. The number of ether oxygens (including phenoxy) is 2. The molecule has 0 saturated carbocycles. The first-order chi connectivity index (χ1) is 15.6. The first-order valence-corrected chi connectivity index (χ1v) is 11.9. The summed E-state index contributed by atoms with van der Waals surface area (Å²) in [4.78, 5) is 18.6. The highest BCUT2D eigenvalue weighted by atomic mass is 16.5. The number of benzene rings is 1. The van der Waals surface area contributed by atoms with Crippen LogP contribution in [0.4, 0.5) is 5.82 Å². The van der Waals surface area contributed by atoms with Crippen LogP contribution in [-0.4, -0.2) is 43.3 Å². The predicted octanol–water partition coefficient (Wildman–Crippen LogP) is 4.30. The largest absolute Gasteiger partial charge is 0.489 e. The number of hydrogen-bond acceptors (Lipinski definition) is 5. The average Bonchev–Trinajstić information content (AvgIpc) is 3.09. The molecule has 1 N–H and O–H groups in total. The quantitative estimate of drug-likeness (QED) is 0.700. The van der Waals surface area contributed by atoms with Gasteiger partial charge in [-0.2, -0.15) is 0 Å². The molecule has 0 radical (unpaired) electrons. The van der Waals surface area contributed by atoms with Crippen molar-refractivity contribution in [1.29, 1.82) is 0 Å². The number of nitrogens with one attached hydrogen (secondary N) is 1. The van der Waals surface area contributed by atoms with Crippen LogP contribution in [0.15, 0.2) is 42.5 Å². The van der Waals surface area contributed by atoms with Crippen LogP contribution in [0.25, 0.3) is 0 Å². The van der Waals surface area contributed by atoms with E-state index in [0.29, 0.717) is 5.92 Å². The van der Waals surface area contributed by atoms with E-state index < -0.39 is 0 Å². The molecule has 6 nitrogen and oxygen atoms in total. The maximum Gasteiger partial charge on any atom is 0.217 e. The topological polar surface area (TPSA) is 63.7 Å². The van der Waals surface area contributed by atoms with Crippen molar-refractivity contribution < 1.29 is 14.3 Å². The zero-order chi connectivity index (χ0) is 22.3. The monoisotopic (exact) mass is 437 g/mol. The van der Waals surface area contributed by atoms with Crippen LogP contribution in [0, 0.1) is 5.92 Å². The maximum atomic E-state index is 11.3. The minimum absolute atomic E-state index is 0.00705. The second-order valence-electron chi connectivity index (χ2n) is 9.07. The van der Waals surface area contributed by atoms with Crippen LogP contribution in [0.2, 0.25) is 0 Å². The number of anilines is 1. The lowest BCUT2D eigenvalue weighted by Gasteiger charge is -2.20. The van der Waals surface area contributed by atoms with Crippen LogP contribution < -0.4 is 15.0 Å². The molecule has 0 aliphatic carbocycles. The van der Waals surface area contributed by atoms with E-state index in [-0.39, 0.29) is 18.1 Å². The highest BCUT2D eigenvalue weighted by Gasteiger charge is 2.25. The van der Waals surface area contributed by atoms with Gasteiger partial charge in [-0.05, 0) is 68.4 Å². The Morgan fingerprint density at radius 2 is 2.03 bits per heavy atom. The minimum Gasteiger partial charge on any atom is -0.489 e. The van der Waals surface area contributed by atoms with Gasteiger partial charge in [0.15, 0.2) is 0 Å². The van der Waals surface area contributed by atoms with Crippen molar-refractivity contribution in [3.63, 3.8) is 0 Å². The molecule has 0 spiro atoms. The number of pyridine rings is 1. The fourth-order valence-electron chi connectivity index (χ4n) is 4.68. The van der Waals surface area contributed by atoms with E-state index in [1.807, 2.05) is 31.2 Å². The lowest BCUT2D eigenvalue weighted by atomic mass is 9.95. The summed E-state index contributed by atoms with van der Waals surface area (Å²) < 4.78 is 11.8. The molecule has 6 heteroatoms. The molecular weight excluding hydrogens is 402 g/mol. The lowest BCUT2D eigenvalue weighted by Crippen LogP contribution is -2.25. The van der Waals surface area contributed by atoms with Crippen LogP contribution in [0.3, 0.4) is 0 Å². The first kappa shape index (κ1) is 22.6. The number of carbonyl (C=O) groups excluding carboxylic acids is 1. The minimum atomic E-state index is -0.0233. The van der Waals surface area contributed by atoms with Gasteiger partial charge in [0, 0.05) is 38.8 Å². The molecule has 3 unspecified atom stereocenters. The second kappa shape index (κ2) is 10.8. The van der Waals surface area contributed by atoms with E-state index in [1.54, 1.807) is 0 Å². The van der Waals surface area contributed by atoms with Gasteiger partial charge in [0.25, 0.3) is 0 Å². The van der Waals surface area contributed by atoms with Crippen molar-refractivity contribution in [2.45, 2.75) is 58.1 Å². The number of carbonyl (C=O) groups is 1. The van der Waals surface area contributed by atoms with Gasteiger partial charge in [-0.15, -0.1) is 0 Å². The van der Waals surface area contributed by atoms with E-state index >= 15 is 0 Å². The fourth-order valence-corrected chi connectivity index (χ4v) is 4.68. The highest BCUT2D eigenvalue weighted by Crippen LogP contribution is 2.25. The van der Waals surface area contributed by atoms with E-state index in [1.165, 1.54) is 19.0 Å².